The minimum Gasteiger partial charge on any atom is -0.383 e. The average Bonchev–Trinajstić information content (AvgIpc) is 3.57. The number of likely N-dealkylation sites (N-methyl/N-ethyl adjacent to an activating group) is 1. The molecule has 1 aliphatic heterocycles. The SMILES string of the molecule is COCCn1c(-c2ccc(F)cc2)nc2cc(Nc3nnc(-c4ccccc4)s3)c(N3CCN(C)CC3)cc21. The van der Waals surface area contributed by atoms with Crippen molar-refractivity contribution in [3.8, 4) is 22.0 Å². The molecule has 8 nitrogen and oxygen atoms in total. The Morgan fingerprint density at radius 1 is 0.949 bits per heavy atom. The van der Waals surface area contributed by atoms with Gasteiger partial charge in [-0.3, -0.25) is 0 Å². The third-order valence-corrected chi connectivity index (χ3v) is 7.91. The Bertz CT molecular complexity index is 1560. The lowest BCUT2D eigenvalue weighted by atomic mass is 10.2. The molecule has 0 aliphatic carbocycles. The molecular weight excluding hydrogens is 513 g/mol. The predicted octanol–water partition coefficient (Wildman–Crippen LogP) is 5.50. The molecule has 0 bridgehead atoms. The number of hydrogen-bond acceptors (Lipinski definition) is 8. The number of nitrogens with one attached hydrogen (secondary N) is 1. The van der Waals surface area contributed by atoms with Gasteiger partial charge in [0.1, 0.15) is 16.6 Å². The van der Waals surface area contributed by atoms with Crippen LogP contribution in [0.1, 0.15) is 0 Å². The van der Waals surface area contributed by atoms with Gasteiger partial charge in [0.25, 0.3) is 0 Å². The molecule has 3 aromatic carbocycles. The predicted molar refractivity (Wildman–Crippen MR) is 155 cm³/mol. The van der Waals surface area contributed by atoms with Gasteiger partial charge >= 0.3 is 0 Å². The zero-order valence-corrected chi connectivity index (χ0v) is 22.8. The number of nitrogens with zero attached hydrogens (tertiary/aromatic N) is 6. The van der Waals surface area contributed by atoms with E-state index in [2.05, 4.69) is 49.1 Å². The molecule has 1 fully saturated rings. The maximum atomic E-state index is 13.7. The van der Waals surface area contributed by atoms with E-state index in [0.717, 1.165) is 75.7 Å². The van der Waals surface area contributed by atoms with Crippen LogP contribution >= 0.6 is 11.3 Å². The van der Waals surface area contributed by atoms with Gasteiger partial charge in [-0.15, -0.1) is 10.2 Å². The summed E-state index contributed by atoms with van der Waals surface area (Å²) >= 11 is 1.52. The highest BCUT2D eigenvalue weighted by atomic mass is 32.1. The molecule has 0 saturated carbocycles. The van der Waals surface area contributed by atoms with Crippen LogP contribution in [0.15, 0.2) is 66.7 Å². The molecule has 200 valence electrons. The number of hydrogen-bond donors (Lipinski definition) is 1. The Morgan fingerprint density at radius 3 is 2.46 bits per heavy atom. The molecule has 0 atom stereocenters. The highest BCUT2D eigenvalue weighted by molar-refractivity contribution is 7.18. The fraction of sp³-hybridized carbons (Fsp3) is 0.276. The number of halogens is 1. The summed E-state index contributed by atoms with van der Waals surface area (Å²) in [5, 5.41) is 14.0. The van der Waals surface area contributed by atoms with Crippen LogP contribution < -0.4 is 10.2 Å². The van der Waals surface area contributed by atoms with E-state index in [4.69, 9.17) is 9.72 Å². The lowest BCUT2D eigenvalue weighted by Crippen LogP contribution is -2.44. The molecular formula is C29H30FN7OS. The van der Waals surface area contributed by atoms with E-state index in [9.17, 15) is 4.39 Å². The normalized spacial score (nSPS) is 14.3. The van der Waals surface area contributed by atoms with Crippen molar-refractivity contribution in [1.82, 2.24) is 24.6 Å². The first-order chi connectivity index (χ1) is 19.1. The van der Waals surface area contributed by atoms with Gasteiger partial charge in [-0.2, -0.15) is 0 Å². The smallest absolute Gasteiger partial charge is 0.210 e. The molecule has 0 radical (unpaired) electrons. The van der Waals surface area contributed by atoms with Crippen LogP contribution in [-0.2, 0) is 11.3 Å². The number of methoxy groups -OCH3 is 1. The Balaban J connectivity index is 1.44. The largest absolute Gasteiger partial charge is 0.383 e. The van der Waals surface area contributed by atoms with E-state index in [1.54, 1.807) is 19.2 Å². The highest BCUT2D eigenvalue weighted by Gasteiger charge is 2.22. The molecule has 1 saturated heterocycles. The zero-order chi connectivity index (χ0) is 26.8. The van der Waals surface area contributed by atoms with Gasteiger partial charge in [-0.1, -0.05) is 41.7 Å². The van der Waals surface area contributed by atoms with Gasteiger partial charge in [0.2, 0.25) is 5.13 Å². The molecule has 3 heterocycles. The van der Waals surface area contributed by atoms with E-state index in [-0.39, 0.29) is 5.82 Å². The fourth-order valence-electron chi connectivity index (χ4n) is 4.88. The Hall–Kier alpha value is -3.86. The van der Waals surface area contributed by atoms with Crippen LogP contribution in [0.5, 0.6) is 0 Å². The van der Waals surface area contributed by atoms with E-state index in [1.807, 2.05) is 30.3 Å². The standard InChI is InChI=1S/C29H30FN7OS/c1-35-12-14-36(15-13-35)25-19-26-24(31-27(37(26)16-17-38-2)20-8-10-22(30)11-9-20)18-23(25)32-29-34-33-28(39-29)21-6-4-3-5-7-21/h3-11,18-19H,12-17H2,1-2H3,(H,32,34). The van der Waals surface area contributed by atoms with Crippen molar-refractivity contribution in [3.05, 3.63) is 72.5 Å². The number of ether oxygens (including phenoxy) is 1. The number of imidazole rings is 1. The highest BCUT2D eigenvalue weighted by Crippen LogP contribution is 2.37. The Labute approximate surface area is 230 Å². The molecule has 1 N–H and O–H groups in total. The quantitative estimate of drug-likeness (QED) is 0.277. The number of piperazine rings is 1. The Morgan fingerprint density at radius 2 is 1.72 bits per heavy atom. The van der Waals surface area contributed by atoms with Gasteiger partial charge in [0.05, 0.1) is 29.0 Å². The third-order valence-electron chi connectivity index (χ3n) is 7.02. The number of rotatable bonds is 8. The summed E-state index contributed by atoms with van der Waals surface area (Å²) in [5.41, 5.74) is 5.78. The zero-order valence-electron chi connectivity index (χ0n) is 22.0. The van der Waals surface area contributed by atoms with Crippen molar-refractivity contribution in [2.45, 2.75) is 6.54 Å². The van der Waals surface area contributed by atoms with Crippen LogP contribution in [0.4, 0.5) is 20.9 Å². The number of aromatic nitrogens is 4. The number of fused-ring (bicyclic) bond motifs is 1. The van der Waals surface area contributed by atoms with Crippen molar-refractivity contribution in [2.75, 3.05) is 57.2 Å². The monoisotopic (exact) mass is 543 g/mol. The van der Waals surface area contributed by atoms with Crippen molar-refractivity contribution in [1.29, 1.82) is 0 Å². The summed E-state index contributed by atoms with van der Waals surface area (Å²) in [4.78, 5) is 9.76. The third kappa shape index (κ3) is 5.36. The van der Waals surface area contributed by atoms with Crippen molar-refractivity contribution < 1.29 is 9.13 Å². The van der Waals surface area contributed by atoms with Gasteiger partial charge in [0, 0.05) is 51.0 Å². The molecule has 6 rings (SSSR count). The second-order valence-electron chi connectivity index (χ2n) is 9.64. The molecule has 1 aliphatic rings. The summed E-state index contributed by atoms with van der Waals surface area (Å²) in [5.74, 6) is 0.514. The maximum Gasteiger partial charge on any atom is 0.210 e. The van der Waals surface area contributed by atoms with Gasteiger partial charge < -0.3 is 24.4 Å². The van der Waals surface area contributed by atoms with Crippen LogP contribution in [0.3, 0.4) is 0 Å². The Kier molecular flexibility index (Phi) is 7.23. The van der Waals surface area contributed by atoms with Gasteiger partial charge in [0.15, 0.2) is 0 Å². The van der Waals surface area contributed by atoms with E-state index >= 15 is 0 Å². The summed E-state index contributed by atoms with van der Waals surface area (Å²) < 4.78 is 21.3. The van der Waals surface area contributed by atoms with Crippen molar-refractivity contribution in [2.24, 2.45) is 0 Å². The van der Waals surface area contributed by atoms with Gasteiger partial charge in [-0.05, 0) is 43.4 Å². The van der Waals surface area contributed by atoms with Gasteiger partial charge in [-0.25, -0.2) is 9.37 Å². The first-order valence-electron chi connectivity index (χ1n) is 13.0. The number of benzene rings is 3. The van der Waals surface area contributed by atoms with Crippen LogP contribution in [-0.4, -0.2) is 71.6 Å². The van der Waals surface area contributed by atoms with E-state index in [1.165, 1.54) is 23.5 Å². The van der Waals surface area contributed by atoms with Crippen LogP contribution in [0.2, 0.25) is 0 Å². The topological polar surface area (TPSA) is 71.3 Å². The lowest BCUT2D eigenvalue weighted by Gasteiger charge is -2.35. The first-order valence-corrected chi connectivity index (χ1v) is 13.8. The maximum absolute atomic E-state index is 13.7. The molecule has 0 amide bonds. The van der Waals surface area contributed by atoms with E-state index < -0.39 is 0 Å². The molecule has 10 heteroatoms. The lowest BCUT2D eigenvalue weighted by molar-refractivity contribution is 0.188. The molecule has 0 unspecified atom stereocenters. The molecule has 39 heavy (non-hydrogen) atoms. The molecule has 0 spiro atoms. The number of anilines is 3. The summed E-state index contributed by atoms with van der Waals surface area (Å²) in [6, 6.07) is 20.8. The van der Waals surface area contributed by atoms with E-state index in [0.29, 0.717) is 13.2 Å². The minimum absolute atomic E-state index is 0.269. The fourth-order valence-corrected chi connectivity index (χ4v) is 5.65. The van der Waals surface area contributed by atoms with Crippen molar-refractivity contribution >= 4 is 38.9 Å². The second kappa shape index (κ2) is 11.1. The summed E-state index contributed by atoms with van der Waals surface area (Å²) in [7, 11) is 3.85. The van der Waals surface area contributed by atoms with Crippen LogP contribution in [0.25, 0.3) is 33.0 Å². The molecule has 2 aromatic heterocycles. The second-order valence-corrected chi connectivity index (χ2v) is 10.6. The van der Waals surface area contributed by atoms with Crippen molar-refractivity contribution in [3.63, 3.8) is 0 Å². The summed E-state index contributed by atoms with van der Waals surface area (Å²) in [6.07, 6.45) is 0. The minimum atomic E-state index is -0.269. The average molecular weight is 544 g/mol. The summed E-state index contributed by atoms with van der Waals surface area (Å²) in [6.45, 7) is 4.97. The first kappa shape index (κ1) is 25.4. The molecule has 5 aromatic rings. The van der Waals surface area contributed by atoms with Crippen LogP contribution in [0, 0.1) is 5.82 Å².